The van der Waals surface area contributed by atoms with E-state index in [0.717, 1.165) is 15.9 Å². The first-order chi connectivity index (χ1) is 12.3. The van der Waals surface area contributed by atoms with Gasteiger partial charge in [0.1, 0.15) is 0 Å². The molecule has 3 aromatic rings. The van der Waals surface area contributed by atoms with E-state index in [1.807, 2.05) is 36.1 Å². The Morgan fingerprint density at radius 1 is 1.27 bits per heavy atom. The van der Waals surface area contributed by atoms with Crippen molar-refractivity contribution in [1.82, 2.24) is 14.3 Å². The van der Waals surface area contributed by atoms with Crippen molar-refractivity contribution in [1.29, 1.82) is 0 Å². The summed E-state index contributed by atoms with van der Waals surface area (Å²) >= 11 is 1.52. The van der Waals surface area contributed by atoms with Crippen LogP contribution >= 0.6 is 11.3 Å². The van der Waals surface area contributed by atoms with Crippen LogP contribution in [-0.4, -0.2) is 20.3 Å². The minimum atomic E-state index is -0.315. The zero-order valence-electron chi connectivity index (χ0n) is 15.9. The first kappa shape index (κ1) is 18.3. The highest BCUT2D eigenvalue weighted by molar-refractivity contribution is 7.16. The van der Waals surface area contributed by atoms with E-state index in [4.69, 9.17) is 0 Å². The molecule has 0 aliphatic rings. The third kappa shape index (κ3) is 3.29. The molecule has 0 atom stereocenters. The van der Waals surface area contributed by atoms with E-state index < -0.39 is 0 Å². The number of carbonyl (C=O) groups is 1. The fraction of sp³-hybridized carbons (Fsp3) is 0.350. The Bertz CT molecular complexity index is 1070. The van der Waals surface area contributed by atoms with Crippen molar-refractivity contribution in [2.24, 2.45) is 4.99 Å². The maximum absolute atomic E-state index is 12.7. The minimum absolute atomic E-state index is 0.206. The maximum Gasteiger partial charge on any atom is 0.300 e. The van der Waals surface area contributed by atoms with E-state index >= 15 is 0 Å². The Hall–Kier alpha value is -2.47. The quantitative estimate of drug-likeness (QED) is 0.644. The van der Waals surface area contributed by atoms with Crippen molar-refractivity contribution in [2.75, 3.05) is 0 Å². The van der Waals surface area contributed by atoms with Crippen LogP contribution in [0.25, 0.3) is 10.2 Å². The summed E-state index contributed by atoms with van der Waals surface area (Å²) in [4.78, 5) is 17.7. The summed E-state index contributed by atoms with van der Waals surface area (Å²) in [5.41, 5.74) is 4.87. The number of nitrogens with zero attached hydrogens (tertiary/aromatic N) is 4. The molecule has 0 saturated carbocycles. The van der Waals surface area contributed by atoms with Crippen LogP contribution in [0.3, 0.4) is 0 Å². The second kappa shape index (κ2) is 7.03. The van der Waals surface area contributed by atoms with Gasteiger partial charge in [-0.05, 0) is 63.9 Å². The van der Waals surface area contributed by atoms with E-state index in [9.17, 15) is 4.79 Å². The van der Waals surface area contributed by atoms with Gasteiger partial charge in [-0.2, -0.15) is 10.1 Å². The third-order valence-corrected chi connectivity index (χ3v) is 5.48. The molecule has 136 valence electrons. The molecule has 0 N–H and O–H groups in total. The van der Waals surface area contributed by atoms with Crippen LogP contribution in [0.2, 0.25) is 0 Å². The zero-order valence-corrected chi connectivity index (χ0v) is 16.7. The highest BCUT2D eigenvalue weighted by Gasteiger charge is 2.14. The third-order valence-electron chi connectivity index (χ3n) is 4.44. The normalized spacial score (nSPS) is 12.3. The van der Waals surface area contributed by atoms with Gasteiger partial charge in [0, 0.05) is 18.3 Å². The van der Waals surface area contributed by atoms with Crippen molar-refractivity contribution >= 4 is 27.5 Å². The van der Waals surface area contributed by atoms with Gasteiger partial charge in [-0.3, -0.25) is 9.48 Å². The molecule has 0 saturated heterocycles. The molecule has 5 nitrogen and oxygen atoms in total. The SMILES string of the molecule is C=CCn1c(=NC(=O)c2cc(C)n(C(C)C)n2)sc2cc(C)c(C)cc21. The highest BCUT2D eigenvalue weighted by atomic mass is 32.1. The number of rotatable bonds is 4. The molecule has 2 heterocycles. The van der Waals surface area contributed by atoms with Crippen LogP contribution in [0, 0.1) is 20.8 Å². The first-order valence-electron chi connectivity index (χ1n) is 8.68. The molecule has 0 bridgehead atoms. The van der Waals surface area contributed by atoms with Crippen LogP contribution in [-0.2, 0) is 6.54 Å². The zero-order chi connectivity index (χ0) is 19.0. The minimum Gasteiger partial charge on any atom is -0.312 e. The van der Waals surface area contributed by atoms with Crippen LogP contribution in [0.15, 0.2) is 35.8 Å². The predicted octanol–water partition coefficient (Wildman–Crippen LogP) is 4.33. The second-order valence-electron chi connectivity index (χ2n) is 6.81. The van der Waals surface area contributed by atoms with E-state index in [1.54, 1.807) is 6.07 Å². The lowest BCUT2D eigenvalue weighted by molar-refractivity contribution is 0.0992. The number of hydrogen-bond acceptors (Lipinski definition) is 3. The van der Waals surface area contributed by atoms with Gasteiger partial charge in [-0.15, -0.1) is 6.58 Å². The van der Waals surface area contributed by atoms with Crippen LogP contribution in [0.4, 0.5) is 0 Å². The lowest BCUT2D eigenvalue weighted by Crippen LogP contribution is -2.16. The van der Waals surface area contributed by atoms with Gasteiger partial charge in [0.15, 0.2) is 10.5 Å². The van der Waals surface area contributed by atoms with Crippen molar-refractivity contribution in [2.45, 2.75) is 47.2 Å². The fourth-order valence-corrected chi connectivity index (χ4v) is 4.09. The number of allylic oxidation sites excluding steroid dienone is 1. The molecule has 3 rings (SSSR count). The molecular formula is C20H24N4OS. The van der Waals surface area contributed by atoms with Gasteiger partial charge in [0.2, 0.25) is 0 Å². The van der Waals surface area contributed by atoms with Gasteiger partial charge in [-0.25, -0.2) is 0 Å². The van der Waals surface area contributed by atoms with Crippen LogP contribution < -0.4 is 4.80 Å². The summed E-state index contributed by atoms with van der Waals surface area (Å²) in [6.45, 7) is 14.7. The smallest absolute Gasteiger partial charge is 0.300 e. The highest BCUT2D eigenvalue weighted by Crippen LogP contribution is 2.22. The van der Waals surface area contributed by atoms with E-state index in [-0.39, 0.29) is 11.9 Å². The molecule has 0 fully saturated rings. The molecule has 0 unspecified atom stereocenters. The van der Waals surface area contributed by atoms with E-state index in [1.165, 1.54) is 22.5 Å². The Balaban J connectivity index is 2.14. The molecule has 0 spiro atoms. The number of amides is 1. The monoisotopic (exact) mass is 368 g/mol. The van der Waals surface area contributed by atoms with Gasteiger partial charge >= 0.3 is 0 Å². The number of benzene rings is 1. The molecule has 0 aliphatic carbocycles. The summed E-state index contributed by atoms with van der Waals surface area (Å²) < 4.78 is 4.99. The lowest BCUT2D eigenvalue weighted by Gasteiger charge is -2.06. The van der Waals surface area contributed by atoms with Gasteiger partial charge in [-0.1, -0.05) is 17.4 Å². The Kier molecular flexibility index (Phi) is 4.96. The number of aryl methyl sites for hydroxylation is 3. The molecular weight excluding hydrogens is 344 g/mol. The standard InChI is InChI=1S/C20H24N4OS/c1-7-8-23-17-9-13(4)14(5)10-18(17)26-20(23)21-19(25)16-11-15(6)24(22-16)12(2)3/h7,9-12H,1,8H2,2-6H3. The summed E-state index contributed by atoms with van der Waals surface area (Å²) in [5.74, 6) is -0.315. The molecule has 26 heavy (non-hydrogen) atoms. The van der Waals surface area contributed by atoms with E-state index in [0.29, 0.717) is 17.0 Å². The largest absolute Gasteiger partial charge is 0.312 e. The number of carbonyl (C=O) groups excluding carboxylic acids is 1. The average Bonchev–Trinajstić information content (AvgIpc) is 3.10. The Morgan fingerprint density at radius 2 is 1.96 bits per heavy atom. The maximum atomic E-state index is 12.7. The molecule has 1 aromatic carbocycles. The molecule has 6 heteroatoms. The summed E-state index contributed by atoms with van der Waals surface area (Å²) in [5, 5.41) is 4.41. The molecule has 1 amide bonds. The topological polar surface area (TPSA) is 52.2 Å². The van der Waals surface area contributed by atoms with Crippen molar-refractivity contribution < 1.29 is 4.79 Å². The summed E-state index contributed by atoms with van der Waals surface area (Å²) in [6, 6.07) is 6.30. The predicted molar refractivity (Wildman–Crippen MR) is 107 cm³/mol. The van der Waals surface area contributed by atoms with Crippen LogP contribution in [0.1, 0.15) is 47.2 Å². The summed E-state index contributed by atoms with van der Waals surface area (Å²) in [6.07, 6.45) is 1.82. The first-order valence-corrected chi connectivity index (χ1v) is 9.50. The van der Waals surface area contributed by atoms with Gasteiger partial charge in [0.25, 0.3) is 5.91 Å². The van der Waals surface area contributed by atoms with Crippen molar-refractivity contribution in [3.05, 3.63) is 58.2 Å². The Morgan fingerprint density at radius 3 is 2.58 bits per heavy atom. The number of thiazole rings is 1. The number of fused-ring (bicyclic) bond motifs is 1. The van der Waals surface area contributed by atoms with Gasteiger partial charge in [0.05, 0.1) is 10.2 Å². The summed E-state index contributed by atoms with van der Waals surface area (Å²) in [7, 11) is 0. The lowest BCUT2D eigenvalue weighted by atomic mass is 10.1. The van der Waals surface area contributed by atoms with Gasteiger partial charge < -0.3 is 4.57 Å². The average molecular weight is 369 g/mol. The molecule has 0 radical (unpaired) electrons. The second-order valence-corrected chi connectivity index (χ2v) is 7.82. The van der Waals surface area contributed by atoms with Crippen molar-refractivity contribution in [3.8, 4) is 0 Å². The van der Waals surface area contributed by atoms with E-state index in [2.05, 4.69) is 42.7 Å². The Labute approximate surface area is 157 Å². The van der Waals surface area contributed by atoms with Crippen LogP contribution in [0.5, 0.6) is 0 Å². The fourth-order valence-electron chi connectivity index (χ4n) is 2.97. The number of aromatic nitrogens is 3. The molecule has 0 aliphatic heterocycles. The number of hydrogen-bond donors (Lipinski definition) is 0. The van der Waals surface area contributed by atoms with Crippen molar-refractivity contribution in [3.63, 3.8) is 0 Å². The molecule has 2 aromatic heterocycles.